The van der Waals surface area contributed by atoms with Gasteiger partial charge in [0.15, 0.2) is 0 Å². The van der Waals surface area contributed by atoms with Crippen molar-refractivity contribution in [2.24, 2.45) is 0 Å². The molecule has 3 rings (SSSR count). The van der Waals surface area contributed by atoms with E-state index in [9.17, 15) is 4.79 Å². The first kappa shape index (κ1) is 14.7. The minimum absolute atomic E-state index is 0.0338. The molecule has 0 aliphatic heterocycles. The summed E-state index contributed by atoms with van der Waals surface area (Å²) < 4.78 is 7.72. The minimum atomic E-state index is -0.185. The molecular formula is C16H14BrN3O2. The van der Waals surface area contributed by atoms with Crippen molar-refractivity contribution in [3.05, 3.63) is 53.3 Å². The number of rotatable bonds is 4. The van der Waals surface area contributed by atoms with Crippen LogP contribution in [-0.2, 0) is 9.53 Å². The number of carbonyl (C=O) groups excluding carboxylic acids is 1. The van der Waals surface area contributed by atoms with Gasteiger partial charge in [-0.3, -0.25) is 4.79 Å². The molecule has 5 nitrogen and oxygen atoms in total. The number of benzene rings is 1. The molecule has 0 bridgehead atoms. The summed E-state index contributed by atoms with van der Waals surface area (Å²) in [5.74, 6) is -0.185. The standard InChI is InChI=1S/C16H14BrN3O2/c1-22-10-16(21)18-13-6-7-15-19-14(9-20(15)8-13)11-2-4-12(17)5-3-11/h2-9H,10H2,1H3,(H,18,21). The Balaban J connectivity index is 1.90. The van der Waals surface area contributed by atoms with E-state index in [1.54, 1.807) is 0 Å². The maximum atomic E-state index is 11.5. The van der Waals surface area contributed by atoms with Gasteiger partial charge in [0, 0.05) is 29.5 Å². The van der Waals surface area contributed by atoms with Gasteiger partial charge in [0.05, 0.1) is 11.4 Å². The molecule has 0 saturated carbocycles. The number of nitrogens with one attached hydrogen (secondary N) is 1. The van der Waals surface area contributed by atoms with Crippen LogP contribution in [0.15, 0.2) is 53.3 Å². The van der Waals surface area contributed by atoms with Gasteiger partial charge in [-0.05, 0) is 24.3 Å². The lowest BCUT2D eigenvalue weighted by molar-refractivity contribution is -0.119. The van der Waals surface area contributed by atoms with E-state index in [1.165, 1.54) is 7.11 Å². The van der Waals surface area contributed by atoms with Gasteiger partial charge < -0.3 is 14.5 Å². The highest BCUT2D eigenvalue weighted by Crippen LogP contribution is 2.22. The molecule has 22 heavy (non-hydrogen) atoms. The van der Waals surface area contributed by atoms with Crippen molar-refractivity contribution in [2.75, 3.05) is 19.0 Å². The number of hydrogen-bond acceptors (Lipinski definition) is 3. The van der Waals surface area contributed by atoms with Crippen LogP contribution >= 0.6 is 15.9 Å². The summed E-state index contributed by atoms with van der Waals surface area (Å²) in [5, 5.41) is 2.77. The summed E-state index contributed by atoms with van der Waals surface area (Å²) in [6.45, 7) is 0.0338. The van der Waals surface area contributed by atoms with E-state index in [0.29, 0.717) is 5.69 Å². The third kappa shape index (κ3) is 3.18. The number of carbonyl (C=O) groups is 1. The number of methoxy groups -OCH3 is 1. The number of hydrogen-bond donors (Lipinski definition) is 1. The zero-order valence-electron chi connectivity index (χ0n) is 11.9. The predicted molar refractivity (Wildman–Crippen MR) is 88.8 cm³/mol. The van der Waals surface area contributed by atoms with Crippen molar-refractivity contribution in [3.8, 4) is 11.3 Å². The zero-order valence-corrected chi connectivity index (χ0v) is 13.5. The molecule has 0 atom stereocenters. The molecule has 2 aromatic heterocycles. The normalized spacial score (nSPS) is 10.8. The van der Waals surface area contributed by atoms with Gasteiger partial charge in [-0.2, -0.15) is 0 Å². The number of ether oxygens (including phenoxy) is 1. The topological polar surface area (TPSA) is 55.6 Å². The molecule has 6 heteroatoms. The second-order valence-corrected chi connectivity index (χ2v) is 5.71. The minimum Gasteiger partial charge on any atom is -0.375 e. The smallest absolute Gasteiger partial charge is 0.250 e. The number of halogens is 1. The van der Waals surface area contributed by atoms with Crippen LogP contribution in [0.25, 0.3) is 16.9 Å². The Hall–Kier alpha value is -2.18. The third-order valence-corrected chi connectivity index (χ3v) is 3.68. The first-order valence-corrected chi connectivity index (χ1v) is 7.48. The van der Waals surface area contributed by atoms with Gasteiger partial charge >= 0.3 is 0 Å². The lowest BCUT2D eigenvalue weighted by atomic mass is 10.2. The largest absolute Gasteiger partial charge is 0.375 e. The lowest BCUT2D eigenvalue weighted by Crippen LogP contribution is -2.17. The van der Waals surface area contributed by atoms with Crippen LogP contribution in [0.5, 0.6) is 0 Å². The number of imidazole rings is 1. The van der Waals surface area contributed by atoms with Crippen LogP contribution in [0.3, 0.4) is 0 Å². The SMILES string of the molecule is COCC(=O)Nc1ccc2nc(-c3ccc(Br)cc3)cn2c1. The van der Waals surface area contributed by atoms with Crippen LogP contribution in [-0.4, -0.2) is 29.0 Å². The van der Waals surface area contributed by atoms with Crippen LogP contribution in [0.2, 0.25) is 0 Å². The summed E-state index contributed by atoms with van der Waals surface area (Å²) in [7, 11) is 1.49. The second-order valence-electron chi connectivity index (χ2n) is 4.80. The zero-order chi connectivity index (χ0) is 15.5. The third-order valence-electron chi connectivity index (χ3n) is 3.15. The average molecular weight is 360 g/mol. The van der Waals surface area contributed by atoms with Crippen molar-refractivity contribution < 1.29 is 9.53 Å². The van der Waals surface area contributed by atoms with E-state index in [2.05, 4.69) is 26.2 Å². The van der Waals surface area contributed by atoms with Gasteiger partial charge in [-0.15, -0.1) is 0 Å². The number of anilines is 1. The molecule has 1 N–H and O–H groups in total. The summed E-state index contributed by atoms with van der Waals surface area (Å²) >= 11 is 3.42. The molecule has 0 aliphatic carbocycles. The summed E-state index contributed by atoms with van der Waals surface area (Å²) in [4.78, 5) is 16.1. The molecule has 0 radical (unpaired) electrons. The Kier molecular flexibility index (Phi) is 4.22. The second kappa shape index (κ2) is 6.29. The monoisotopic (exact) mass is 359 g/mol. The van der Waals surface area contributed by atoms with Crippen molar-refractivity contribution in [2.45, 2.75) is 0 Å². The summed E-state index contributed by atoms with van der Waals surface area (Å²) in [5.41, 5.74) is 3.45. The summed E-state index contributed by atoms with van der Waals surface area (Å²) in [6.07, 6.45) is 3.77. The fourth-order valence-corrected chi connectivity index (χ4v) is 2.42. The Morgan fingerprint density at radius 3 is 2.73 bits per heavy atom. The van der Waals surface area contributed by atoms with Crippen molar-refractivity contribution in [3.63, 3.8) is 0 Å². The molecule has 112 valence electrons. The lowest BCUT2D eigenvalue weighted by Gasteiger charge is -2.04. The van der Waals surface area contributed by atoms with Crippen molar-refractivity contribution >= 4 is 33.2 Å². The maximum Gasteiger partial charge on any atom is 0.250 e. The van der Waals surface area contributed by atoms with E-state index < -0.39 is 0 Å². The fraction of sp³-hybridized carbons (Fsp3) is 0.125. The Morgan fingerprint density at radius 1 is 1.23 bits per heavy atom. The molecule has 0 fully saturated rings. The molecular weight excluding hydrogens is 346 g/mol. The van der Waals surface area contributed by atoms with E-state index in [4.69, 9.17) is 4.74 Å². The first-order valence-electron chi connectivity index (χ1n) is 6.69. The van der Waals surface area contributed by atoms with Crippen molar-refractivity contribution in [1.82, 2.24) is 9.38 Å². The Labute approximate surface area is 136 Å². The quantitative estimate of drug-likeness (QED) is 0.776. The van der Waals surface area contributed by atoms with Crippen LogP contribution < -0.4 is 5.32 Å². The van der Waals surface area contributed by atoms with Gasteiger partial charge in [0.25, 0.3) is 0 Å². The Bertz CT molecular complexity index is 812. The predicted octanol–water partition coefficient (Wildman–Crippen LogP) is 3.35. The number of pyridine rings is 1. The molecule has 0 spiro atoms. The van der Waals surface area contributed by atoms with Gasteiger partial charge in [-0.1, -0.05) is 28.1 Å². The molecule has 1 aromatic carbocycles. The number of amides is 1. The molecule has 3 aromatic rings. The Morgan fingerprint density at radius 2 is 2.00 bits per heavy atom. The highest BCUT2D eigenvalue weighted by molar-refractivity contribution is 9.10. The average Bonchev–Trinajstić information content (AvgIpc) is 2.91. The molecule has 1 amide bonds. The van der Waals surface area contributed by atoms with E-state index in [-0.39, 0.29) is 12.5 Å². The van der Waals surface area contributed by atoms with Crippen LogP contribution in [0, 0.1) is 0 Å². The van der Waals surface area contributed by atoms with E-state index in [1.807, 2.05) is 53.2 Å². The molecule has 0 aliphatic rings. The van der Waals surface area contributed by atoms with Crippen LogP contribution in [0.4, 0.5) is 5.69 Å². The van der Waals surface area contributed by atoms with E-state index in [0.717, 1.165) is 21.4 Å². The maximum absolute atomic E-state index is 11.5. The number of aromatic nitrogens is 2. The highest BCUT2D eigenvalue weighted by Gasteiger charge is 2.06. The van der Waals surface area contributed by atoms with Gasteiger partial charge in [-0.25, -0.2) is 4.98 Å². The highest BCUT2D eigenvalue weighted by atomic mass is 79.9. The molecule has 2 heterocycles. The fourth-order valence-electron chi connectivity index (χ4n) is 2.15. The van der Waals surface area contributed by atoms with Gasteiger partial charge in [0.2, 0.25) is 5.91 Å². The molecule has 0 saturated heterocycles. The number of nitrogens with zero attached hydrogens (tertiary/aromatic N) is 2. The first-order chi connectivity index (χ1) is 10.7. The summed E-state index contributed by atoms with van der Waals surface area (Å²) in [6, 6.07) is 11.7. The molecule has 0 unspecified atom stereocenters. The van der Waals surface area contributed by atoms with E-state index >= 15 is 0 Å². The van der Waals surface area contributed by atoms with Gasteiger partial charge in [0.1, 0.15) is 12.3 Å². The number of fused-ring (bicyclic) bond motifs is 1. The van der Waals surface area contributed by atoms with Crippen LogP contribution in [0.1, 0.15) is 0 Å². The van der Waals surface area contributed by atoms with Crippen molar-refractivity contribution in [1.29, 1.82) is 0 Å².